The van der Waals surface area contributed by atoms with E-state index in [2.05, 4.69) is 10.3 Å². The summed E-state index contributed by atoms with van der Waals surface area (Å²) in [5.41, 5.74) is -0.433. The van der Waals surface area contributed by atoms with Crippen molar-refractivity contribution >= 4 is 0 Å². The van der Waals surface area contributed by atoms with Gasteiger partial charge in [0.05, 0.1) is 17.8 Å². The van der Waals surface area contributed by atoms with Crippen LogP contribution in [0.2, 0.25) is 0 Å². The molecule has 1 N–H and O–H groups in total. The zero-order chi connectivity index (χ0) is 23.7. The molecule has 2 aromatic carbocycles. The minimum absolute atomic E-state index is 0.0119. The second-order valence-corrected chi connectivity index (χ2v) is 8.50. The van der Waals surface area contributed by atoms with Gasteiger partial charge in [-0.15, -0.1) is 5.10 Å². The first-order valence-corrected chi connectivity index (χ1v) is 10.3. The lowest BCUT2D eigenvalue weighted by Crippen LogP contribution is -2.22. The van der Waals surface area contributed by atoms with Gasteiger partial charge >= 0.3 is 0 Å². The number of hydrogen-bond acceptors (Lipinski definition) is 4. The number of nitrogens with zero attached hydrogens (tertiary/aromatic N) is 4. The van der Waals surface area contributed by atoms with Crippen LogP contribution in [0.1, 0.15) is 64.4 Å². The van der Waals surface area contributed by atoms with Crippen molar-refractivity contribution in [2.75, 3.05) is 0 Å². The van der Waals surface area contributed by atoms with Crippen LogP contribution in [0.4, 0.5) is 22.0 Å². The number of hydrogen-bond donors (Lipinski definition) is 1. The second-order valence-electron chi connectivity index (χ2n) is 8.50. The molecule has 3 atom stereocenters. The van der Waals surface area contributed by atoms with Gasteiger partial charge < -0.3 is 5.11 Å². The minimum atomic E-state index is -3.57. The number of aromatic nitrogens is 3. The van der Waals surface area contributed by atoms with E-state index in [1.807, 2.05) is 6.07 Å². The molecule has 1 aromatic heterocycles. The monoisotopic (exact) mass is 460 g/mol. The highest BCUT2D eigenvalue weighted by Crippen LogP contribution is 2.53. The molecule has 0 fully saturated rings. The standard InChI is InChI=1S/C23H17F5N4O/c1-32-9-18(30-31-32)21-17(26)6-13(15-7-23(27,28)22(33)20(15)21)12-2-3-16(25)14-5-11(24)4-10(8-29)19(12)14/h4-6,9,12,16,22,33H,2-3,7H2,1H3/t12?,16-,22-/m0/s1. The fourth-order valence-electron chi connectivity index (χ4n) is 5.11. The molecule has 0 saturated carbocycles. The van der Waals surface area contributed by atoms with Crippen molar-refractivity contribution in [3.8, 4) is 17.3 Å². The topological polar surface area (TPSA) is 74.7 Å². The quantitative estimate of drug-likeness (QED) is 0.558. The Morgan fingerprint density at radius 1 is 1.15 bits per heavy atom. The second kappa shape index (κ2) is 7.35. The number of aliphatic hydroxyl groups excluding tert-OH is 1. The van der Waals surface area contributed by atoms with E-state index in [1.165, 1.54) is 17.9 Å². The fraction of sp³-hybridized carbons (Fsp3) is 0.348. The molecule has 2 aliphatic carbocycles. The molecule has 0 bridgehead atoms. The molecule has 3 aromatic rings. The summed E-state index contributed by atoms with van der Waals surface area (Å²) in [6, 6.07) is 4.87. The summed E-state index contributed by atoms with van der Waals surface area (Å²) in [5.74, 6) is -6.07. The van der Waals surface area contributed by atoms with Gasteiger partial charge in [0.15, 0.2) is 0 Å². The van der Waals surface area contributed by atoms with Crippen LogP contribution < -0.4 is 0 Å². The number of nitriles is 1. The predicted molar refractivity (Wildman–Crippen MR) is 106 cm³/mol. The molecule has 5 nitrogen and oxygen atoms in total. The Labute approximate surface area is 185 Å². The van der Waals surface area contributed by atoms with Crippen LogP contribution in [0, 0.1) is 23.0 Å². The predicted octanol–water partition coefficient (Wildman–Crippen LogP) is 4.79. The van der Waals surface area contributed by atoms with Crippen LogP contribution in [0.25, 0.3) is 11.3 Å². The van der Waals surface area contributed by atoms with E-state index in [9.17, 15) is 27.9 Å². The summed E-state index contributed by atoms with van der Waals surface area (Å²) >= 11 is 0. The fourth-order valence-corrected chi connectivity index (χ4v) is 5.11. The molecular weight excluding hydrogens is 443 g/mol. The van der Waals surface area contributed by atoms with Crippen molar-refractivity contribution in [1.82, 2.24) is 15.0 Å². The zero-order valence-electron chi connectivity index (χ0n) is 17.3. The molecular formula is C23H17F5N4O. The first-order chi connectivity index (χ1) is 15.6. The lowest BCUT2D eigenvalue weighted by atomic mass is 9.74. The van der Waals surface area contributed by atoms with Gasteiger partial charge in [-0.1, -0.05) is 5.21 Å². The first kappa shape index (κ1) is 21.5. The van der Waals surface area contributed by atoms with Gasteiger partial charge in [0.2, 0.25) is 0 Å². The molecule has 10 heteroatoms. The molecule has 2 aliphatic rings. The molecule has 1 heterocycles. The van der Waals surface area contributed by atoms with Gasteiger partial charge in [-0.25, -0.2) is 22.0 Å². The lowest BCUT2D eigenvalue weighted by molar-refractivity contribution is -0.0967. The molecule has 1 unspecified atom stereocenters. The van der Waals surface area contributed by atoms with Crippen LogP contribution in [0.15, 0.2) is 24.4 Å². The number of rotatable bonds is 2. The average Bonchev–Trinajstić information content (AvgIpc) is 3.29. The minimum Gasteiger partial charge on any atom is -0.382 e. The molecule has 0 aliphatic heterocycles. The number of alkyl halides is 3. The summed E-state index contributed by atoms with van der Waals surface area (Å²) in [5, 5.41) is 27.5. The molecule has 0 spiro atoms. The van der Waals surface area contributed by atoms with Gasteiger partial charge in [0, 0.05) is 30.5 Å². The number of fused-ring (bicyclic) bond motifs is 2. The van der Waals surface area contributed by atoms with Crippen molar-refractivity contribution in [2.45, 2.75) is 43.4 Å². The third-order valence-electron chi connectivity index (χ3n) is 6.48. The Kier molecular flexibility index (Phi) is 4.79. The Bertz CT molecular complexity index is 1330. The maximum Gasteiger partial charge on any atom is 0.281 e. The Morgan fingerprint density at radius 2 is 1.91 bits per heavy atom. The van der Waals surface area contributed by atoms with Gasteiger partial charge in [-0.2, -0.15) is 5.26 Å². The van der Waals surface area contributed by atoms with E-state index in [4.69, 9.17) is 0 Å². The van der Waals surface area contributed by atoms with Crippen molar-refractivity contribution in [1.29, 1.82) is 5.26 Å². The van der Waals surface area contributed by atoms with E-state index >= 15 is 4.39 Å². The lowest BCUT2D eigenvalue weighted by Gasteiger charge is -2.31. The largest absolute Gasteiger partial charge is 0.382 e. The summed E-state index contributed by atoms with van der Waals surface area (Å²) in [6.07, 6.45) is -3.27. The Hall–Kier alpha value is -3.32. The number of halogens is 5. The van der Waals surface area contributed by atoms with E-state index in [-0.39, 0.29) is 57.5 Å². The van der Waals surface area contributed by atoms with Crippen LogP contribution in [0.3, 0.4) is 0 Å². The third-order valence-corrected chi connectivity index (χ3v) is 6.48. The van der Waals surface area contributed by atoms with E-state index in [1.54, 1.807) is 0 Å². The van der Waals surface area contributed by atoms with Gasteiger partial charge in [0.1, 0.15) is 29.6 Å². The summed E-state index contributed by atoms with van der Waals surface area (Å²) < 4.78 is 74.8. The van der Waals surface area contributed by atoms with Crippen molar-refractivity contribution in [3.05, 3.63) is 69.4 Å². The third kappa shape index (κ3) is 3.22. The summed E-state index contributed by atoms with van der Waals surface area (Å²) in [7, 11) is 1.53. The van der Waals surface area contributed by atoms with Crippen LogP contribution in [-0.4, -0.2) is 26.0 Å². The summed E-state index contributed by atoms with van der Waals surface area (Å²) in [4.78, 5) is 0. The Morgan fingerprint density at radius 3 is 2.58 bits per heavy atom. The molecule has 170 valence electrons. The van der Waals surface area contributed by atoms with Gasteiger partial charge in [-0.3, -0.25) is 4.68 Å². The number of aliphatic hydroxyl groups is 1. The van der Waals surface area contributed by atoms with Crippen LogP contribution in [-0.2, 0) is 13.5 Å². The van der Waals surface area contributed by atoms with E-state index in [0.29, 0.717) is 0 Å². The highest BCUT2D eigenvalue weighted by atomic mass is 19.3. The molecule has 5 rings (SSSR count). The first-order valence-electron chi connectivity index (χ1n) is 10.3. The van der Waals surface area contributed by atoms with Crippen LogP contribution >= 0.6 is 0 Å². The highest BCUT2D eigenvalue weighted by molar-refractivity contribution is 5.70. The molecule has 0 amide bonds. The highest BCUT2D eigenvalue weighted by Gasteiger charge is 2.51. The smallest absolute Gasteiger partial charge is 0.281 e. The van der Waals surface area contributed by atoms with Crippen molar-refractivity contribution < 1.29 is 27.1 Å². The summed E-state index contributed by atoms with van der Waals surface area (Å²) in [6.45, 7) is 0. The van der Waals surface area contributed by atoms with Crippen molar-refractivity contribution in [2.24, 2.45) is 7.05 Å². The van der Waals surface area contributed by atoms with Crippen LogP contribution in [0.5, 0.6) is 0 Å². The van der Waals surface area contributed by atoms with E-state index < -0.39 is 42.2 Å². The normalized spacial score (nSPS) is 23.2. The van der Waals surface area contributed by atoms with Gasteiger partial charge in [-0.05, 0) is 53.3 Å². The average molecular weight is 460 g/mol. The van der Waals surface area contributed by atoms with E-state index in [0.717, 1.165) is 18.2 Å². The maximum absolute atomic E-state index is 15.4. The number of aryl methyl sites for hydroxylation is 1. The molecule has 33 heavy (non-hydrogen) atoms. The zero-order valence-corrected chi connectivity index (χ0v) is 17.3. The number of benzene rings is 2. The molecule has 0 radical (unpaired) electrons. The van der Waals surface area contributed by atoms with Gasteiger partial charge in [0.25, 0.3) is 5.92 Å². The maximum atomic E-state index is 15.4. The molecule has 0 saturated heterocycles. The van der Waals surface area contributed by atoms with Crippen molar-refractivity contribution in [3.63, 3.8) is 0 Å². The Balaban J connectivity index is 1.79. The SMILES string of the molecule is Cn1cc(-c2c(F)cc(C3CC[C@H](F)c4cc(F)cc(C#N)c43)c3c2[C@H](O)C(F)(F)C3)nn1.